The number of para-hydroxylation sites is 1. The van der Waals surface area contributed by atoms with Crippen molar-refractivity contribution in [3.63, 3.8) is 0 Å². The fourth-order valence-electron chi connectivity index (χ4n) is 4.51. The molecular weight excluding hydrogens is 420 g/mol. The van der Waals surface area contributed by atoms with E-state index in [1.807, 2.05) is 43.3 Å². The zero-order valence-corrected chi connectivity index (χ0v) is 19.4. The van der Waals surface area contributed by atoms with Crippen molar-refractivity contribution in [1.82, 2.24) is 9.97 Å². The number of hydrogen-bond donors (Lipinski definition) is 1. The van der Waals surface area contributed by atoms with E-state index in [-0.39, 0.29) is 0 Å². The first-order valence-corrected chi connectivity index (χ1v) is 11.6. The second-order valence-corrected chi connectivity index (χ2v) is 9.10. The van der Waals surface area contributed by atoms with Crippen molar-refractivity contribution in [2.24, 2.45) is 0 Å². The number of piperazine rings is 1. The lowest BCUT2D eigenvalue weighted by molar-refractivity contribution is 0.640. The minimum atomic E-state index is 0.763. The van der Waals surface area contributed by atoms with E-state index in [1.165, 1.54) is 30.4 Å². The molecule has 32 heavy (non-hydrogen) atoms. The van der Waals surface area contributed by atoms with Gasteiger partial charge in [0.2, 0.25) is 5.95 Å². The highest BCUT2D eigenvalue weighted by molar-refractivity contribution is 6.33. The van der Waals surface area contributed by atoms with Crippen molar-refractivity contribution >= 4 is 40.6 Å². The fourth-order valence-corrected chi connectivity index (χ4v) is 4.76. The molecule has 0 bridgehead atoms. The summed E-state index contributed by atoms with van der Waals surface area (Å²) < 4.78 is 0. The second kappa shape index (κ2) is 8.87. The van der Waals surface area contributed by atoms with Crippen LogP contribution in [0, 0.1) is 0 Å². The molecule has 2 aromatic carbocycles. The molecule has 0 radical (unpaired) electrons. The van der Waals surface area contributed by atoms with Crippen molar-refractivity contribution in [2.75, 3.05) is 60.3 Å². The van der Waals surface area contributed by atoms with Gasteiger partial charge < -0.3 is 20.0 Å². The highest BCUT2D eigenvalue weighted by Crippen LogP contribution is 2.29. The number of nitrogens with one attached hydrogen (secondary N) is 1. The maximum absolute atomic E-state index is 6.41. The maximum atomic E-state index is 6.41. The van der Waals surface area contributed by atoms with Gasteiger partial charge in [0.25, 0.3) is 0 Å². The molecule has 166 valence electrons. The Morgan fingerprint density at radius 2 is 1.62 bits per heavy atom. The average molecular weight is 449 g/mol. The van der Waals surface area contributed by atoms with Crippen LogP contribution in [-0.2, 0) is 12.8 Å². The minimum absolute atomic E-state index is 0.763. The number of fused-ring (bicyclic) bond motifs is 1. The lowest BCUT2D eigenvalue weighted by atomic mass is 10.1. The molecule has 0 unspecified atom stereocenters. The maximum Gasteiger partial charge on any atom is 0.229 e. The first kappa shape index (κ1) is 20.9. The molecule has 0 spiro atoms. The Morgan fingerprint density at radius 1 is 0.875 bits per heavy atom. The molecule has 1 aliphatic heterocycles. The van der Waals surface area contributed by atoms with Gasteiger partial charge in [-0.25, -0.2) is 0 Å². The molecule has 7 heteroatoms. The van der Waals surface area contributed by atoms with E-state index in [0.717, 1.165) is 60.2 Å². The predicted octanol–water partition coefficient (Wildman–Crippen LogP) is 4.75. The molecule has 6 nitrogen and oxygen atoms in total. The molecule has 2 heterocycles. The first-order chi connectivity index (χ1) is 15.6. The molecule has 0 saturated carbocycles. The molecule has 1 aliphatic carbocycles. The summed E-state index contributed by atoms with van der Waals surface area (Å²) in [6.07, 6.45) is 3.61. The third-order valence-electron chi connectivity index (χ3n) is 6.29. The molecule has 5 rings (SSSR count). The summed E-state index contributed by atoms with van der Waals surface area (Å²) in [6.45, 7) is 3.46. The van der Waals surface area contributed by atoms with Crippen molar-refractivity contribution in [1.29, 1.82) is 0 Å². The van der Waals surface area contributed by atoms with E-state index in [1.54, 1.807) is 0 Å². The minimum Gasteiger partial charge on any atom is -0.367 e. The Morgan fingerprint density at radius 3 is 2.41 bits per heavy atom. The van der Waals surface area contributed by atoms with Crippen LogP contribution in [0.15, 0.2) is 48.5 Å². The van der Waals surface area contributed by atoms with Crippen LogP contribution >= 0.6 is 11.6 Å². The number of aryl methyl sites for hydroxylation is 2. The molecule has 0 atom stereocenters. The Hall–Kier alpha value is -2.99. The summed E-state index contributed by atoms with van der Waals surface area (Å²) in [7, 11) is 4.03. The molecule has 1 fully saturated rings. The number of halogens is 1. The summed E-state index contributed by atoms with van der Waals surface area (Å²) in [5.74, 6) is 2.48. The van der Waals surface area contributed by atoms with Crippen molar-refractivity contribution in [3.8, 4) is 0 Å². The van der Waals surface area contributed by atoms with E-state index < -0.39 is 0 Å². The number of nitrogens with zero attached hydrogens (tertiary/aromatic N) is 5. The van der Waals surface area contributed by atoms with Crippen molar-refractivity contribution < 1.29 is 0 Å². The number of hydrogen-bond acceptors (Lipinski definition) is 6. The van der Waals surface area contributed by atoms with E-state index in [4.69, 9.17) is 21.6 Å². The van der Waals surface area contributed by atoms with E-state index in [0.29, 0.717) is 0 Å². The number of aromatic nitrogens is 2. The van der Waals surface area contributed by atoms with Crippen LogP contribution in [0.5, 0.6) is 0 Å². The quantitative estimate of drug-likeness (QED) is 0.607. The van der Waals surface area contributed by atoms with E-state index in [2.05, 4.69) is 39.4 Å². The summed E-state index contributed by atoms with van der Waals surface area (Å²) in [5.41, 5.74) is 5.11. The smallest absolute Gasteiger partial charge is 0.229 e. The molecule has 0 amide bonds. The monoisotopic (exact) mass is 448 g/mol. The van der Waals surface area contributed by atoms with Gasteiger partial charge >= 0.3 is 0 Å². The van der Waals surface area contributed by atoms with E-state index in [9.17, 15) is 0 Å². The van der Waals surface area contributed by atoms with Gasteiger partial charge in [-0.15, -0.1) is 0 Å². The van der Waals surface area contributed by atoms with Crippen molar-refractivity contribution in [2.45, 2.75) is 19.3 Å². The Kier molecular flexibility index (Phi) is 5.79. The lowest BCUT2D eigenvalue weighted by Gasteiger charge is -2.36. The van der Waals surface area contributed by atoms with Crippen LogP contribution in [-0.4, -0.2) is 50.2 Å². The number of rotatable bonds is 5. The molecule has 1 saturated heterocycles. The van der Waals surface area contributed by atoms with Crippen LogP contribution < -0.4 is 20.0 Å². The Labute approximate surface area is 194 Å². The Balaban J connectivity index is 1.35. The summed E-state index contributed by atoms with van der Waals surface area (Å²) in [4.78, 5) is 16.3. The zero-order valence-electron chi connectivity index (χ0n) is 18.7. The predicted molar refractivity (Wildman–Crippen MR) is 134 cm³/mol. The lowest BCUT2D eigenvalue weighted by Crippen LogP contribution is -2.47. The van der Waals surface area contributed by atoms with Gasteiger partial charge in [-0.2, -0.15) is 9.97 Å². The van der Waals surface area contributed by atoms with Crippen LogP contribution in [0.2, 0.25) is 5.02 Å². The van der Waals surface area contributed by atoms with Crippen LogP contribution in [0.4, 0.5) is 29.0 Å². The third kappa shape index (κ3) is 4.32. The van der Waals surface area contributed by atoms with Gasteiger partial charge in [0.05, 0.1) is 10.7 Å². The van der Waals surface area contributed by atoms with E-state index >= 15 is 0 Å². The summed E-state index contributed by atoms with van der Waals surface area (Å²) in [5, 5.41) is 4.32. The topological polar surface area (TPSA) is 47.5 Å². The standard InChI is InChI=1S/C25H29ClN6/c1-30(2)24-17-23(27-20-11-10-18-6-5-7-19(18)16-20)28-25(29-24)32-14-12-31(13-15-32)22-9-4-3-8-21(22)26/h3-4,8-11,16-17H,5-7,12-15H2,1-2H3,(H,27,28,29). The van der Waals surface area contributed by atoms with Crippen LogP contribution in [0.3, 0.4) is 0 Å². The second-order valence-electron chi connectivity index (χ2n) is 8.69. The van der Waals surface area contributed by atoms with Gasteiger partial charge in [-0.3, -0.25) is 0 Å². The van der Waals surface area contributed by atoms with Gasteiger partial charge in [0.1, 0.15) is 11.6 Å². The molecule has 3 aromatic rings. The highest BCUT2D eigenvalue weighted by Gasteiger charge is 2.22. The highest BCUT2D eigenvalue weighted by atomic mass is 35.5. The molecule has 2 aliphatic rings. The largest absolute Gasteiger partial charge is 0.367 e. The SMILES string of the molecule is CN(C)c1cc(Nc2ccc3c(c2)CCC3)nc(N2CCN(c3ccccc3Cl)CC2)n1. The summed E-state index contributed by atoms with van der Waals surface area (Å²) >= 11 is 6.41. The molecule has 1 N–H and O–H groups in total. The van der Waals surface area contributed by atoms with Gasteiger partial charge in [-0.05, 0) is 54.7 Å². The van der Waals surface area contributed by atoms with Gasteiger partial charge in [0, 0.05) is 52.0 Å². The number of benzene rings is 2. The molecular formula is C25H29ClN6. The Bertz CT molecular complexity index is 1110. The van der Waals surface area contributed by atoms with Crippen LogP contribution in [0.1, 0.15) is 17.5 Å². The van der Waals surface area contributed by atoms with Gasteiger partial charge in [-0.1, -0.05) is 29.8 Å². The normalized spacial score (nSPS) is 15.6. The van der Waals surface area contributed by atoms with Crippen LogP contribution in [0.25, 0.3) is 0 Å². The average Bonchev–Trinajstić information content (AvgIpc) is 3.27. The third-order valence-corrected chi connectivity index (χ3v) is 6.61. The van der Waals surface area contributed by atoms with Gasteiger partial charge in [0.15, 0.2) is 0 Å². The molecule has 1 aromatic heterocycles. The first-order valence-electron chi connectivity index (χ1n) is 11.3. The fraction of sp³-hybridized carbons (Fsp3) is 0.360. The summed E-state index contributed by atoms with van der Waals surface area (Å²) in [6, 6.07) is 16.7. The zero-order chi connectivity index (χ0) is 22.1. The van der Waals surface area contributed by atoms with Crippen molar-refractivity contribution in [3.05, 3.63) is 64.7 Å². The number of anilines is 5.